The van der Waals surface area contributed by atoms with Gasteiger partial charge in [-0.2, -0.15) is 4.98 Å². The van der Waals surface area contributed by atoms with Crippen LogP contribution in [0.25, 0.3) is 11.4 Å². The number of allylic oxidation sites excluding steroid dienone is 2. The van der Waals surface area contributed by atoms with Crippen molar-refractivity contribution in [3.8, 4) is 5.88 Å². The van der Waals surface area contributed by atoms with Crippen molar-refractivity contribution < 1.29 is 18.7 Å². The van der Waals surface area contributed by atoms with Crippen LogP contribution in [0.1, 0.15) is 89.0 Å². The highest BCUT2D eigenvalue weighted by Crippen LogP contribution is 2.45. The second-order valence-electron chi connectivity index (χ2n) is 11.3. The number of oxazole rings is 1. The number of hydrogen-bond donors (Lipinski definition) is 3. The van der Waals surface area contributed by atoms with Gasteiger partial charge < -0.3 is 25.9 Å². The summed E-state index contributed by atoms with van der Waals surface area (Å²) in [5.41, 5.74) is 13.4. The van der Waals surface area contributed by atoms with Crippen molar-refractivity contribution in [2.45, 2.75) is 84.3 Å². The van der Waals surface area contributed by atoms with Crippen LogP contribution in [-0.4, -0.2) is 52.4 Å². The topological polar surface area (TPSA) is 172 Å². The minimum absolute atomic E-state index is 0.0275. The van der Waals surface area contributed by atoms with Crippen LogP contribution >= 0.6 is 0 Å². The monoisotopic (exact) mass is 577 g/mol. The van der Waals surface area contributed by atoms with E-state index in [1.165, 1.54) is 6.26 Å². The predicted octanol–water partition coefficient (Wildman–Crippen LogP) is 3.99. The maximum absolute atomic E-state index is 13.8. The number of ether oxygens (including phenoxy) is 1. The average molecular weight is 578 g/mol. The lowest BCUT2D eigenvalue weighted by atomic mass is 9.62. The Hall–Kier alpha value is -3.86. The predicted molar refractivity (Wildman–Crippen MR) is 161 cm³/mol. The summed E-state index contributed by atoms with van der Waals surface area (Å²) in [6.07, 6.45) is 12.5. The molecule has 11 nitrogen and oxygen atoms in total. The Morgan fingerprint density at radius 1 is 1.19 bits per heavy atom. The number of carbonyl (C=O) groups excluding carboxylic acids is 2. The van der Waals surface area contributed by atoms with Crippen molar-refractivity contribution >= 4 is 29.2 Å². The summed E-state index contributed by atoms with van der Waals surface area (Å²) in [7, 11) is 1.94. The quantitative estimate of drug-likeness (QED) is 0.145. The lowest BCUT2D eigenvalue weighted by molar-refractivity contribution is -0.143. The SMILES string of the molecule is CNCCC[C@H](C)[C@H](C)Oc1cc(/C(N)=C/C=NCc2ncco2)nc(/C(N)=C2\CCC[C@@]3(CCCCC3=O)C2=O)n1. The van der Waals surface area contributed by atoms with Crippen molar-refractivity contribution in [3.05, 3.63) is 47.6 Å². The van der Waals surface area contributed by atoms with Crippen molar-refractivity contribution in [1.29, 1.82) is 0 Å². The zero-order valence-corrected chi connectivity index (χ0v) is 24.9. The summed E-state index contributed by atoms with van der Waals surface area (Å²) >= 11 is 0. The number of aliphatic imine (C=N–C) groups is 1. The average Bonchev–Trinajstić information content (AvgIpc) is 3.51. The molecule has 5 N–H and O–H groups in total. The Kier molecular flexibility index (Phi) is 10.6. The largest absolute Gasteiger partial charge is 0.474 e. The summed E-state index contributed by atoms with van der Waals surface area (Å²) in [5, 5.41) is 3.17. The molecule has 2 fully saturated rings. The van der Waals surface area contributed by atoms with Gasteiger partial charge in [0.25, 0.3) is 0 Å². The Balaban J connectivity index is 1.65. The van der Waals surface area contributed by atoms with Crippen LogP contribution in [0.2, 0.25) is 0 Å². The maximum atomic E-state index is 13.8. The fourth-order valence-electron chi connectivity index (χ4n) is 5.65. The number of carbonyl (C=O) groups is 2. The molecule has 0 aromatic carbocycles. The minimum Gasteiger partial charge on any atom is -0.474 e. The van der Waals surface area contributed by atoms with Crippen molar-refractivity contribution in [2.24, 2.45) is 27.8 Å². The lowest BCUT2D eigenvalue weighted by Crippen LogP contribution is -2.45. The molecule has 0 amide bonds. The van der Waals surface area contributed by atoms with Crippen molar-refractivity contribution in [3.63, 3.8) is 0 Å². The zero-order chi connectivity index (χ0) is 30.1. The van der Waals surface area contributed by atoms with E-state index in [4.69, 9.17) is 20.6 Å². The van der Waals surface area contributed by atoms with E-state index in [-0.39, 0.29) is 41.7 Å². The summed E-state index contributed by atoms with van der Waals surface area (Å²) in [6, 6.07) is 1.67. The van der Waals surface area contributed by atoms with Crippen LogP contribution in [-0.2, 0) is 16.1 Å². The maximum Gasteiger partial charge on any atom is 0.217 e. The minimum atomic E-state index is -0.969. The second kappa shape index (κ2) is 14.4. The molecule has 3 atom stereocenters. The van der Waals surface area contributed by atoms with Crippen LogP contribution in [0.4, 0.5) is 0 Å². The van der Waals surface area contributed by atoms with Gasteiger partial charge in [0.15, 0.2) is 11.6 Å². The van der Waals surface area contributed by atoms with Crippen LogP contribution < -0.4 is 21.5 Å². The third-order valence-corrected chi connectivity index (χ3v) is 8.36. The first-order valence-corrected chi connectivity index (χ1v) is 14.9. The number of ketones is 2. The summed E-state index contributed by atoms with van der Waals surface area (Å²) in [5.74, 6) is 1.08. The normalized spacial score (nSPS) is 22.5. The molecule has 42 heavy (non-hydrogen) atoms. The Bertz CT molecular complexity index is 1330. The molecule has 2 aromatic heterocycles. The fourth-order valence-corrected chi connectivity index (χ4v) is 5.65. The molecule has 4 rings (SSSR count). The smallest absolute Gasteiger partial charge is 0.217 e. The molecule has 2 aliphatic carbocycles. The lowest BCUT2D eigenvalue weighted by Gasteiger charge is -2.38. The van der Waals surface area contributed by atoms with E-state index >= 15 is 0 Å². The van der Waals surface area contributed by atoms with E-state index in [9.17, 15) is 9.59 Å². The van der Waals surface area contributed by atoms with Crippen LogP contribution in [0.5, 0.6) is 5.88 Å². The molecule has 0 saturated heterocycles. The third kappa shape index (κ3) is 7.31. The first-order valence-electron chi connectivity index (χ1n) is 14.9. The molecule has 226 valence electrons. The molecule has 0 unspecified atom stereocenters. The molecule has 0 radical (unpaired) electrons. The van der Waals surface area contributed by atoms with E-state index in [0.29, 0.717) is 60.8 Å². The van der Waals surface area contributed by atoms with E-state index in [0.717, 1.165) is 32.2 Å². The first kappa shape index (κ1) is 31.1. The number of aromatic nitrogens is 3. The molecule has 1 spiro atoms. The molecule has 2 aliphatic rings. The molecule has 2 saturated carbocycles. The van der Waals surface area contributed by atoms with Crippen LogP contribution in [0, 0.1) is 11.3 Å². The van der Waals surface area contributed by atoms with Gasteiger partial charge in [-0.25, -0.2) is 9.97 Å². The van der Waals surface area contributed by atoms with E-state index in [1.54, 1.807) is 24.6 Å². The molecule has 11 heteroatoms. The highest BCUT2D eigenvalue weighted by molar-refractivity contribution is 6.17. The van der Waals surface area contributed by atoms with Crippen LogP contribution in [0.3, 0.4) is 0 Å². The van der Waals surface area contributed by atoms with Gasteiger partial charge in [0.1, 0.15) is 24.7 Å². The second-order valence-corrected chi connectivity index (χ2v) is 11.3. The standard InChI is InChI=1S/C31H43N7O4/c1-20(8-7-14-34-3)21(2)42-26-18-24(23(32)11-15-35-19-27-36-16-17-41-27)37-30(38-26)28(33)22-9-6-13-31(29(22)40)12-5-4-10-25(31)39/h11,15-18,20-21,34H,4-10,12-14,19,32-33H2,1-3H3/b23-11-,28-22-,35-15?/t20-,21-,31+/m0/s1. The zero-order valence-electron chi connectivity index (χ0n) is 24.9. The van der Waals surface area contributed by atoms with Crippen LogP contribution in [0.15, 0.2) is 39.6 Å². The summed E-state index contributed by atoms with van der Waals surface area (Å²) in [6.45, 7) is 5.34. The fraction of sp³-hybridized carbons (Fsp3) is 0.548. The third-order valence-electron chi connectivity index (χ3n) is 8.36. The summed E-state index contributed by atoms with van der Waals surface area (Å²) in [4.78, 5) is 44.3. The molecule has 0 bridgehead atoms. The van der Waals surface area contributed by atoms with E-state index in [1.807, 2.05) is 14.0 Å². The van der Waals surface area contributed by atoms with Gasteiger partial charge in [-0.1, -0.05) is 13.3 Å². The Morgan fingerprint density at radius 2 is 2.00 bits per heavy atom. The van der Waals surface area contributed by atoms with E-state index in [2.05, 4.69) is 32.2 Å². The number of rotatable bonds is 12. The number of hydrogen-bond acceptors (Lipinski definition) is 11. The van der Waals surface area contributed by atoms with Gasteiger partial charge in [0.05, 0.1) is 28.7 Å². The van der Waals surface area contributed by atoms with E-state index < -0.39 is 5.41 Å². The molecular weight excluding hydrogens is 534 g/mol. The first-order chi connectivity index (χ1) is 20.2. The summed E-state index contributed by atoms with van der Waals surface area (Å²) < 4.78 is 11.5. The van der Waals surface area contributed by atoms with Gasteiger partial charge >= 0.3 is 0 Å². The molecule has 0 aliphatic heterocycles. The number of Topliss-reactive ketones (excluding diaryl/α,β-unsaturated/α-hetero) is 2. The Labute approximate surface area is 247 Å². The van der Waals surface area contributed by atoms with Gasteiger partial charge in [-0.3, -0.25) is 14.6 Å². The highest BCUT2D eigenvalue weighted by Gasteiger charge is 2.49. The van der Waals surface area contributed by atoms with Gasteiger partial charge in [-0.05, 0) is 77.5 Å². The van der Waals surface area contributed by atoms with Gasteiger partial charge in [-0.15, -0.1) is 0 Å². The van der Waals surface area contributed by atoms with Gasteiger partial charge in [0, 0.05) is 24.3 Å². The van der Waals surface area contributed by atoms with Crippen molar-refractivity contribution in [1.82, 2.24) is 20.3 Å². The number of nitrogens with zero attached hydrogens (tertiary/aromatic N) is 4. The molecule has 2 heterocycles. The Morgan fingerprint density at radius 3 is 2.74 bits per heavy atom. The highest BCUT2D eigenvalue weighted by atomic mass is 16.5. The van der Waals surface area contributed by atoms with Gasteiger partial charge in [0.2, 0.25) is 11.8 Å². The molecular formula is C31H43N7O4. The molecule has 2 aromatic rings. The number of nitrogens with one attached hydrogen (secondary N) is 1. The van der Waals surface area contributed by atoms with Crippen molar-refractivity contribution in [2.75, 3.05) is 13.6 Å². The number of nitrogens with two attached hydrogens (primary N) is 2.